The molecule has 0 heterocycles. The molecule has 0 aliphatic carbocycles. The summed E-state index contributed by atoms with van der Waals surface area (Å²) in [5.74, 6) is -1.16. The van der Waals surface area contributed by atoms with Gasteiger partial charge in [-0.25, -0.2) is 4.79 Å². The molecule has 0 radical (unpaired) electrons. The SMILES string of the molecule is CCCCCCCCCCCCCCCCCCCCCCCCCCCCCC(=O)[C@](N)(CSSC[C@H](N)C(=O)OC)C(=O)OC. The van der Waals surface area contributed by atoms with Gasteiger partial charge >= 0.3 is 11.9 Å². The Hall–Kier alpha value is -0.770. The van der Waals surface area contributed by atoms with Gasteiger partial charge in [0.2, 0.25) is 0 Å². The molecule has 7 nitrogen and oxygen atoms in total. The summed E-state index contributed by atoms with van der Waals surface area (Å²) in [6, 6.07) is -0.767. The maximum absolute atomic E-state index is 12.8. The van der Waals surface area contributed by atoms with Gasteiger partial charge in [-0.1, -0.05) is 195 Å². The normalized spacial score (nSPS) is 13.3. The van der Waals surface area contributed by atoms with Gasteiger partial charge < -0.3 is 20.9 Å². The molecule has 278 valence electrons. The number of ether oxygens (including phenoxy) is 2. The number of carbonyl (C=O) groups excluding carboxylic acids is 3. The number of carbonyl (C=O) groups is 3. The first kappa shape index (κ1) is 46.2. The van der Waals surface area contributed by atoms with Crippen LogP contribution in [0.4, 0.5) is 0 Å². The van der Waals surface area contributed by atoms with Crippen molar-refractivity contribution in [2.75, 3.05) is 25.7 Å². The molecule has 0 aromatic rings. The van der Waals surface area contributed by atoms with Gasteiger partial charge in [0.25, 0.3) is 0 Å². The lowest BCUT2D eigenvalue weighted by Crippen LogP contribution is -2.57. The van der Waals surface area contributed by atoms with E-state index in [0.717, 1.165) is 19.3 Å². The first-order chi connectivity index (χ1) is 22.8. The molecule has 4 N–H and O–H groups in total. The fourth-order valence-electron chi connectivity index (χ4n) is 5.91. The largest absolute Gasteiger partial charge is 0.468 e. The van der Waals surface area contributed by atoms with Crippen LogP contribution in [0, 0.1) is 0 Å². The molecule has 0 aromatic heterocycles. The minimum atomic E-state index is -1.69. The standard InChI is InChI=1S/C38H74N2O5S2/c1-4-5-6-7-8-9-10-11-12-13-14-15-16-17-18-19-20-21-22-23-24-25-26-27-28-29-30-31-35(41)38(40,37(43)45-3)33-47-46-32-34(39)36(42)44-2/h34H,4-33,39-40H2,1-3H3/t34-,38+/m0/s1. The maximum atomic E-state index is 12.8. The highest BCUT2D eigenvalue weighted by atomic mass is 33.1. The third kappa shape index (κ3) is 26.7. The Bertz CT molecular complexity index is 758. The van der Waals surface area contributed by atoms with Gasteiger partial charge in [-0.3, -0.25) is 9.59 Å². The molecule has 0 aromatic carbocycles. The number of esters is 2. The number of Topliss-reactive ketones (excluding diaryl/α,β-unsaturated/α-hetero) is 1. The summed E-state index contributed by atoms with van der Waals surface area (Å²) in [4.78, 5) is 36.6. The Labute approximate surface area is 297 Å². The summed E-state index contributed by atoms with van der Waals surface area (Å²) in [5, 5.41) is 0. The summed E-state index contributed by atoms with van der Waals surface area (Å²) in [7, 11) is 5.05. The van der Waals surface area contributed by atoms with Crippen molar-refractivity contribution in [3.63, 3.8) is 0 Å². The van der Waals surface area contributed by atoms with Crippen LogP contribution in [0.2, 0.25) is 0 Å². The van der Waals surface area contributed by atoms with Crippen LogP contribution >= 0.6 is 21.6 Å². The molecule has 0 aliphatic rings. The second-order valence-corrected chi connectivity index (χ2v) is 16.0. The van der Waals surface area contributed by atoms with Crippen molar-refractivity contribution >= 4 is 39.3 Å². The van der Waals surface area contributed by atoms with E-state index in [2.05, 4.69) is 11.7 Å². The number of rotatable bonds is 36. The minimum absolute atomic E-state index is 0.0660. The van der Waals surface area contributed by atoms with E-state index in [0.29, 0.717) is 5.75 Å². The van der Waals surface area contributed by atoms with Crippen molar-refractivity contribution in [2.45, 2.75) is 198 Å². The second kappa shape index (κ2) is 33.7. The van der Waals surface area contributed by atoms with E-state index in [-0.39, 0.29) is 18.0 Å². The van der Waals surface area contributed by atoms with E-state index in [1.807, 2.05) is 0 Å². The van der Waals surface area contributed by atoms with Crippen LogP contribution in [-0.2, 0) is 23.9 Å². The Morgan fingerprint density at radius 2 is 0.894 bits per heavy atom. The quantitative estimate of drug-likeness (QED) is 0.0284. The zero-order chi connectivity index (χ0) is 34.9. The lowest BCUT2D eigenvalue weighted by Gasteiger charge is -2.24. The highest BCUT2D eigenvalue weighted by Gasteiger charge is 2.42. The number of hydrogen-bond donors (Lipinski definition) is 2. The van der Waals surface area contributed by atoms with E-state index in [1.165, 1.54) is 190 Å². The average molecular weight is 703 g/mol. The highest BCUT2D eigenvalue weighted by Crippen LogP contribution is 2.28. The van der Waals surface area contributed by atoms with Gasteiger partial charge in [0.05, 0.1) is 14.2 Å². The monoisotopic (exact) mass is 703 g/mol. The van der Waals surface area contributed by atoms with Crippen LogP contribution in [0.25, 0.3) is 0 Å². The Kier molecular flexibility index (Phi) is 33.2. The summed E-state index contributed by atoms with van der Waals surface area (Å²) in [6.07, 6.45) is 36.6. The van der Waals surface area contributed by atoms with E-state index < -0.39 is 23.5 Å². The van der Waals surface area contributed by atoms with Crippen molar-refractivity contribution in [3.8, 4) is 0 Å². The summed E-state index contributed by atoms with van der Waals surface area (Å²) in [6.45, 7) is 2.29. The maximum Gasteiger partial charge on any atom is 0.334 e. The topological polar surface area (TPSA) is 122 Å². The van der Waals surface area contributed by atoms with Gasteiger partial charge in [0, 0.05) is 17.9 Å². The second-order valence-electron chi connectivity index (χ2n) is 13.5. The highest BCUT2D eigenvalue weighted by molar-refractivity contribution is 8.76. The minimum Gasteiger partial charge on any atom is -0.468 e. The number of ketones is 1. The summed E-state index contributed by atoms with van der Waals surface area (Å²) >= 11 is 0. The molecule has 9 heteroatoms. The molecule has 0 spiro atoms. The number of hydrogen-bond acceptors (Lipinski definition) is 9. The van der Waals surface area contributed by atoms with Gasteiger partial charge in [0.1, 0.15) is 6.04 Å². The van der Waals surface area contributed by atoms with Crippen LogP contribution in [-0.4, -0.2) is 55.0 Å². The molecule has 0 unspecified atom stereocenters. The summed E-state index contributed by atoms with van der Waals surface area (Å²) in [5.41, 5.74) is 10.3. The number of methoxy groups -OCH3 is 2. The third-order valence-corrected chi connectivity index (χ3v) is 11.7. The van der Waals surface area contributed by atoms with Crippen LogP contribution in [0.1, 0.15) is 187 Å². The Morgan fingerprint density at radius 3 is 1.21 bits per heavy atom. The molecule has 0 rings (SSSR count). The molecular weight excluding hydrogens is 629 g/mol. The van der Waals surface area contributed by atoms with Gasteiger partial charge in [-0.05, 0) is 6.42 Å². The van der Waals surface area contributed by atoms with E-state index in [1.54, 1.807) is 0 Å². The Morgan fingerprint density at radius 1 is 0.553 bits per heavy atom. The molecular formula is C38H74N2O5S2. The first-order valence-corrected chi connectivity index (χ1v) is 21.8. The lowest BCUT2D eigenvalue weighted by molar-refractivity contribution is -0.150. The molecule has 47 heavy (non-hydrogen) atoms. The van der Waals surface area contributed by atoms with Crippen LogP contribution in [0.3, 0.4) is 0 Å². The molecule has 2 atom stereocenters. The van der Waals surface area contributed by atoms with Gasteiger partial charge in [0.15, 0.2) is 11.3 Å². The zero-order valence-corrected chi connectivity index (χ0v) is 32.4. The molecule has 0 amide bonds. The Balaban J connectivity index is 3.57. The average Bonchev–Trinajstić information content (AvgIpc) is 3.08. The van der Waals surface area contributed by atoms with E-state index >= 15 is 0 Å². The molecule has 0 fully saturated rings. The van der Waals surface area contributed by atoms with Crippen molar-refractivity contribution in [3.05, 3.63) is 0 Å². The molecule has 0 aliphatic heterocycles. The zero-order valence-electron chi connectivity index (χ0n) is 30.8. The van der Waals surface area contributed by atoms with Crippen molar-refractivity contribution < 1.29 is 23.9 Å². The van der Waals surface area contributed by atoms with Crippen LogP contribution in [0.5, 0.6) is 0 Å². The molecule has 0 saturated heterocycles. The van der Waals surface area contributed by atoms with Gasteiger partial charge in [-0.2, -0.15) is 0 Å². The van der Waals surface area contributed by atoms with Gasteiger partial charge in [-0.15, -0.1) is 0 Å². The molecule has 0 bridgehead atoms. The van der Waals surface area contributed by atoms with Crippen molar-refractivity contribution in [2.24, 2.45) is 11.5 Å². The first-order valence-electron chi connectivity index (χ1n) is 19.3. The fourth-order valence-corrected chi connectivity index (χ4v) is 8.38. The number of unbranched alkanes of at least 4 members (excludes halogenated alkanes) is 26. The predicted octanol–water partition coefficient (Wildman–Crippen LogP) is 10.3. The van der Waals surface area contributed by atoms with Crippen molar-refractivity contribution in [1.82, 2.24) is 0 Å². The third-order valence-electron chi connectivity index (χ3n) is 9.18. The van der Waals surface area contributed by atoms with E-state index in [9.17, 15) is 14.4 Å². The van der Waals surface area contributed by atoms with Crippen molar-refractivity contribution in [1.29, 1.82) is 0 Å². The predicted molar refractivity (Wildman–Crippen MR) is 204 cm³/mol. The lowest BCUT2D eigenvalue weighted by atomic mass is 9.93. The fraction of sp³-hybridized carbons (Fsp3) is 0.921. The summed E-state index contributed by atoms with van der Waals surface area (Å²) < 4.78 is 9.43. The smallest absolute Gasteiger partial charge is 0.334 e. The van der Waals surface area contributed by atoms with Crippen LogP contribution in [0.15, 0.2) is 0 Å². The van der Waals surface area contributed by atoms with E-state index in [4.69, 9.17) is 16.2 Å². The van der Waals surface area contributed by atoms with Crippen LogP contribution < -0.4 is 11.5 Å². The number of nitrogens with two attached hydrogens (primary N) is 2. The molecule has 0 saturated carbocycles.